The van der Waals surface area contributed by atoms with Gasteiger partial charge in [-0.15, -0.1) is 0 Å². The van der Waals surface area contributed by atoms with Crippen LogP contribution in [0.2, 0.25) is 0 Å². The maximum absolute atomic E-state index is 11.6. The van der Waals surface area contributed by atoms with Gasteiger partial charge in [-0.1, -0.05) is 12.2 Å². The van der Waals surface area contributed by atoms with Gasteiger partial charge in [0.2, 0.25) is 0 Å². The number of nitrogens with one attached hydrogen (secondary N) is 1. The summed E-state index contributed by atoms with van der Waals surface area (Å²) in [4.78, 5) is 11.9. The fourth-order valence-electron chi connectivity index (χ4n) is 0.939. The summed E-state index contributed by atoms with van der Waals surface area (Å²) < 4.78 is 0. The zero-order valence-electron chi connectivity index (χ0n) is 8.03. The Morgan fingerprint density at radius 2 is 2.29 bits per heavy atom. The molecule has 1 atom stereocenters. The van der Waals surface area contributed by atoms with E-state index in [0.29, 0.717) is 10.6 Å². The average molecular weight is 228 g/mol. The number of aryl methyl sites for hydroxylation is 1. The van der Waals surface area contributed by atoms with Crippen LogP contribution >= 0.6 is 23.6 Å². The molecule has 0 saturated carbocycles. The van der Waals surface area contributed by atoms with Crippen molar-refractivity contribution in [2.75, 3.05) is 0 Å². The third kappa shape index (κ3) is 2.52. The van der Waals surface area contributed by atoms with E-state index in [-0.39, 0.29) is 11.9 Å². The normalized spacial score (nSPS) is 12.1. The van der Waals surface area contributed by atoms with E-state index in [1.807, 2.05) is 17.7 Å². The SMILES string of the molecule is Cc1cscc1C(=O)NC(C)C(N)=S. The highest BCUT2D eigenvalue weighted by Gasteiger charge is 2.13. The Balaban J connectivity index is 2.69. The second-order valence-electron chi connectivity index (χ2n) is 3.07. The fraction of sp³-hybridized carbons (Fsp3) is 0.333. The van der Waals surface area contributed by atoms with Gasteiger partial charge < -0.3 is 11.1 Å². The lowest BCUT2D eigenvalue weighted by atomic mass is 10.2. The van der Waals surface area contributed by atoms with Gasteiger partial charge in [-0.05, 0) is 24.8 Å². The largest absolute Gasteiger partial charge is 0.392 e. The number of nitrogens with two attached hydrogens (primary N) is 1. The number of rotatable bonds is 3. The molecule has 5 heteroatoms. The van der Waals surface area contributed by atoms with Crippen molar-refractivity contribution in [3.63, 3.8) is 0 Å². The first-order valence-electron chi connectivity index (χ1n) is 4.15. The molecule has 0 fully saturated rings. The highest BCUT2D eigenvalue weighted by atomic mass is 32.1. The van der Waals surface area contributed by atoms with Crippen LogP contribution in [0.15, 0.2) is 10.8 Å². The van der Waals surface area contributed by atoms with Crippen LogP contribution in [0.5, 0.6) is 0 Å². The van der Waals surface area contributed by atoms with Crippen LogP contribution in [-0.2, 0) is 0 Å². The van der Waals surface area contributed by atoms with E-state index in [1.165, 1.54) is 11.3 Å². The summed E-state index contributed by atoms with van der Waals surface area (Å²) in [6.45, 7) is 3.67. The Bertz CT molecular complexity index is 359. The van der Waals surface area contributed by atoms with Gasteiger partial charge in [0.1, 0.15) is 0 Å². The molecule has 0 bridgehead atoms. The molecule has 0 aliphatic heterocycles. The van der Waals surface area contributed by atoms with E-state index in [4.69, 9.17) is 18.0 Å². The number of hydrogen-bond acceptors (Lipinski definition) is 3. The van der Waals surface area contributed by atoms with E-state index in [2.05, 4.69) is 5.32 Å². The number of amides is 1. The quantitative estimate of drug-likeness (QED) is 0.770. The first-order valence-corrected chi connectivity index (χ1v) is 5.50. The first kappa shape index (κ1) is 11.1. The van der Waals surface area contributed by atoms with Crippen LogP contribution < -0.4 is 11.1 Å². The van der Waals surface area contributed by atoms with Crippen LogP contribution in [0.1, 0.15) is 22.8 Å². The maximum Gasteiger partial charge on any atom is 0.252 e. The number of thiocarbonyl (C=S) groups is 1. The van der Waals surface area contributed by atoms with Gasteiger partial charge in [0.25, 0.3) is 5.91 Å². The average Bonchev–Trinajstić information content (AvgIpc) is 2.51. The highest BCUT2D eigenvalue weighted by molar-refractivity contribution is 7.80. The minimum Gasteiger partial charge on any atom is -0.392 e. The maximum atomic E-state index is 11.6. The predicted octanol–water partition coefficient (Wildman–Crippen LogP) is 1.46. The summed E-state index contributed by atoms with van der Waals surface area (Å²) in [7, 11) is 0. The summed E-state index contributed by atoms with van der Waals surface area (Å²) >= 11 is 6.27. The Morgan fingerprint density at radius 3 is 2.71 bits per heavy atom. The van der Waals surface area contributed by atoms with Crippen molar-refractivity contribution < 1.29 is 4.79 Å². The lowest BCUT2D eigenvalue weighted by Crippen LogP contribution is -2.41. The zero-order valence-corrected chi connectivity index (χ0v) is 9.67. The Kier molecular flexibility index (Phi) is 3.60. The van der Waals surface area contributed by atoms with Crippen LogP contribution in [0.4, 0.5) is 0 Å². The molecule has 14 heavy (non-hydrogen) atoms. The van der Waals surface area contributed by atoms with Crippen molar-refractivity contribution in [1.82, 2.24) is 5.32 Å². The third-order valence-corrected chi connectivity index (χ3v) is 3.09. The Morgan fingerprint density at radius 1 is 1.64 bits per heavy atom. The monoisotopic (exact) mass is 228 g/mol. The molecule has 3 nitrogen and oxygen atoms in total. The molecule has 1 rings (SSSR count). The Hall–Kier alpha value is -0.940. The fourth-order valence-corrected chi connectivity index (χ4v) is 1.83. The van der Waals surface area contributed by atoms with Crippen LogP contribution in [0.25, 0.3) is 0 Å². The van der Waals surface area contributed by atoms with Crippen molar-refractivity contribution in [2.45, 2.75) is 19.9 Å². The lowest BCUT2D eigenvalue weighted by molar-refractivity contribution is 0.0949. The number of carbonyl (C=O) groups excluding carboxylic acids is 1. The smallest absolute Gasteiger partial charge is 0.252 e. The Labute approximate surface area is 92.3 Å². The minimum absolute atomic E-state index is 0.121. The van der Waals surface area contributed by atoms with E-state index in [0.717, 1.165) is 5.56 Å². The van der Waals surface area contributed by atoms with Gasteiger partial charge in [-0.3, -0.25) is 4.79 Å². The van der Waals surface area contributed by atoms with Gasteiger partial charge in [-0.2, -0.15) is 11.3 Å². The third-order valence-electron chi connectivity index (χ3n) is 1.87. The van der Waals surface area contributed by atoms with Gasteiger partial charge in [-0.25, -0.2) is 0 Å². The second kappa shape index (κ2) is 4.52. The number of hydrogen-bond donors (Lipinski definition) is 2. The molecule has 1 heterocycles. The number of carbonyl (C=O) groups is 1. The molecule has 0 aliphatic rings. The topological polar surface area (TPSA) is 55.1 Å². The standard InChI is InChI=1S/C9H12N2OS2/c1-5-3-14-4-7(5)9(12)11-6(2)8(10)13/h3-4,6H,1-2H3,(H2,10,13)(H,11,12). The van der Waals surface area contributed by atoms with Gasteiger partial charge >= 0.3 is 0 Å². The van der Waals surface area contributed by atoms with E-state index >= 15 is 0 Å². The molecule has 0 saturated heterocycles. The molecule has 0 aliphatic carbocycles. The molecule has 1 unspecified atom stereocenters. The molecule has 1 aromatic rings. The van der Waals surface area contributed by atoms with Crippen molar-refractivity contribution in [1.29, 1.82) is 0 Å². The van der Waals surface area contributed by atoms with Crippen molar-refractivity contribution >= 4 is 34.5 Å². The summed E-state index contributed by atoms with van der Waals surface area (Å²) in [6.07, 6.45) is 0. The van der Waals surface area contributed by atoms with E-state index in [9.17, 15) is 4.79 Å². The predicted molar refractivity (Wildman–Crippen MR) is 62.8 cm³/mol. The second-order valence-corrected chi connectivity index (χ2v) is 4.28. The van der Waals surface area contributed by atoms with Crippen LogP contribution in [-0.4, -0.2) is 16.9 Å². The molecule has 0 aromatic carbocycles. The zero-order chi connectivity index (χ0) is 10.7. The number of thiophene rings is 1. The molecule has 0 spiro atoms. The summed E-state index contributed by atoms with van der Waals surface area (Å²) in [6, 6.07) is -0.267. The molecule has 3 N–H and O–H groups in total. The summed E-state index contributed by atoms with van der Waals surface area (Å²) in [5.74, 6) is -0.121. The van der Waals surface area contributed by atoms with E-state index in [1.54, 1.807) is 6.92 Å². The molecule has 1 aromatic heterocycles. The van der Waals surface area contributed by atoms with E-state index < -0.39 is 0 Å². The van der Waals surface area contributed by atoms with Crippen LogP contribution in [0, 0.1) is 6.92 Å². The summed E-state index contributed by atoms with van der Waals surface area (Å²) in [5, 5.41) is 6.47. The summed E-state index contributed by atoms with van der Waals surface area (Å²) in [5.41, 5.74) is 7.06. The van der Waals surface area contributed by atoms with Gasteiger partial charge in [0.15, 0.2) is 0 Å². The van der Waals surface area contributed by atoms with Crippen molar-refractivity contribution in [3.8, 4) is 0 Å². The molecular formula is C9H12N2OS2. The van der Waals surface area contributed by atoms with Crippen molar-refractivity contribution in [3.05, 3.63) is 21.9 Å². The van der Waals surface area contributed by atoms with Crippen molar-refractivity contribution in [2.24, 2.45) is 5.73 Å². The van der Waals surface area contributed by atoms with Gasteiger partial charge in [0, 0.05) is 5.38 Å². The minimum atomic E-state index is -0.267. The molecule has 1 amide bonds. The van der Waals surface area contributed by atoms with Crippen LogP contribution in [0.3, 0.4) is 0 Å². The van der Waals surface area contributed by atoms with Gasteiger partial charge in [0.05, 0.1) is 16.6 Å². The molecule has 76 valence electrons. The highest BCUT2D eigenvalue weighted by Crippen LogP contribution is 2.13. The molecule has 0 radical (unpaired) electrons. The first-order chi connectivity index (χ1) is 6.52. The lowest BCUT2D eigenvalue weighted by Gasteiger charge is -2.11. The molecular weight excluding hydrogens is 216 g/mol.